The quantitative estimate of drug-likeness (QED) is 0.0653. The topological polar surface area (TPSA) is 187 Å². The molecule has 2 aliphatic rings. The maximum absolute atomic E-state index is 14.2. The summed E-state index contributed by atoms with van der Waals surface area (Å²) in [6, 6.07) is 29.7. The van der Waals surface area contributed by atoms with Crippen molar-refractivity contribution in [3.8, 4) is 0 Å². The van der Waals surface area contributed by atoms with Crippen molar-refractivity contribution in [1.29, 1.82) is 0 Å². The smallest absolute Gasteiger partial charge is 0.317 e. The van der Waals surface area contributed by atoms with E-state index in [1.54, 1.807) is 23.9 Å². The highest BCUT2D eigenvalue weighted by atomic mass is 16.3. The Morgan fingerprint density at radius 2 is 0.891 bits per heavy atom. The minimum atomic E-state index is -1.58. The van der Waals surface area contributed by atoms with E-state index in [1.165, 1.54) is 0 Å². The van der Waals surface area contributed by atoms with Gasteiger partial charge in [-0.1, -0.05) is 125 Å². The number of likely N-dealkylation sites (N-methyl/N-ethyl adjacent to an activating group) is 2. The lowest BCUT2D eigenvalue weighted by molar-refractivity contribution is -0.129. The molecule has 14 nitrogen and oxygen atoms in total. The van der Waals surface area contributed by atoms with Crippen molar-refractivity contribution >= 4 is 35.3 Å². The fraction of sp³-hybridized carbons (Fsp3) is 0.440. The van der Waals surface area contributed by atoms with Crippen molar-refractivity contribution in [3.05, 3.63) is 131 Å². The standard InChI is InChI=1S/C50H66N8O6/c1-31(2)43(55-49(63)57(5)29-35-27-51-39-23-15-13-21-37(35)39)47(61)53-41(25-33-17-9-7-10-18-33)45(59)46(60)42(26-34-19-11-8-12-20-34)54-48(62)44(32(3)4)56-50(64)58(6)30-36-28-52-40-24-16-14-22-38(36)40/h7-24,31-32,35-36,41-46,51-52,59-60H,25-30H2,1-6H3,(H,53,61)(H,54,62)(H,55,63)(H,56,64)/t35?,36?,41-,42-,43-,44-,45-,46+/m0/s1. The van der Waals surface area contributed by atoms with Gasteiger partial charge in [0.25, 0.3) is 0 Å². The molecule has 0 fully saturated rings. The van der Waals surface area contributed by atoms with E-state index < -0.39 is 60.3 Å². The molecule has 0 saturated carbocycles. The van der Waals surface area contributed by atoms with Crippen LogP contribution < -0.4 is 31.9 Å². The molecule has 64 heavy (non-hydrogen) atoms. The van der Waals surface area contributed by atoms with Gasteiger partial charge in [0.2, 0.25) is 11.8 Å². The molecule has 6 rings (SSSR count). The molecule has 4 aromatic rings. The van der Waals surface area contributed by atoms with Crippen LogP contribution in [0.1, 0.15) is 61.8 Å². The third-order valence-corrected chi connectivity index (χ3v) is 12.4. The maximum Gasteiger partial charge on any atom is 0.317 e. The zero-order valence-corrected chi connectivity index (χ0v) is 37.8. The van der Waals surface area contributed by atoms with E-state index in [4.69, 9.17) is 0 Å². The molecular weight excluding hydrogens is 809 g/mol. The SMILES string of the molecule is CC(C)[C@H](NC(=O)N(C)CC1CNc2ccccc21)C(=O)N[C@@H](Cc1ccccc1)[C@H](O)[C@H](O)[C@H](Cc1ccccc1)NC(=O)[C@@H](NC(=O)N(C)CC1CNc2ccccc21)C(C)C. The minimum Gasteiger partial charge on any atom is -0.388 e. The summed E-state index contributed by atoms with van der Waals surface area (Å²) in [5.41, 5.74) is 5.95. The summed E-state index contributed by atoms with van der Waals surface area (Å²) in [5, 5.41) is 42.9. The van der Waals surface area contributed by atoms with Crippen molar-refractivity contribution < 1.29 is 29.4 Å². The van der Waals surface area contributed by atoms with Gasteiger partial charge in [-0.2, -0.15) is 0 Å². The number of carbonyl (C=O) groups excluding carboxylic acids is 4. The molecule has 2 heterocycles. The molecule has 0 aliphatic carbocycles. The van der Waals surface area contributed by atoms with Crippen LogP contribution in [0.25, 0.3) is 0 Å². The molecule has 0 bridgehead atoms. The number of nitrogens with zero attached hydrogens (tertiary/aromatic N) is 2. The normalized spacial score (nSPS) is 17.9. The van der Waals surface area contributed by atoms with E-state index in [0.717, 1.165) is 33.6 Å². The molecule has 8 N–H and O–H groups in total. The van der Waals surface area contributed by atoms with Gasteiger partial charge >= 0.3 is 12.1 Å². The summed E-state index contributed by atoms with van der Waals surface area (Å²) in [6.07, 6.45) is -2.89. The van der Waals surface area contributed by atoms with Crippen molar-refractivity contribution in [2.45, 2.75) is 88.7 Å². The Balaban J connectivity index is 1.17. The molecular formula is C50H66N8O6. The second-order valence-electron chi connectivity index (χ2n) is 18.0. The highest BCUT2D eigenvalue weighted by Crippen LogP contribution is 2.32. The molecule has 0 aromatic heterocycles. The Morgan fingerprint density at radius 1 is 0.547 bits per heavy atom. The number of amides is 6. The number of anilines is 2. The Bertz CT molecular complexity index is 2020. The number of benzene rings is 4. The second-order valence-corrected chi connectivity index (χ2v) is 18.0. The highest BCUT2D eigenvalue weighted by Gasteiger charge is 2.38. The van der Waals surface area contributed by atoms with Gasteiger partial charge in [-0.3, -0.25) is 9.59 Å². The van der Waals surface area contributed by atoms with Crippen LogP contribution in [0.2, 0.25) is 0 Å². The number of rotatable bonds is 19. The van der Waals surface area contributed by atoms with Gasteiger partial charge in [0.15, 0.2) is 0 Å². The average Bonchev–Trinajstić information content (AvgIpc) is 3.90. The molecule has 6 amide bonds. The lowest BCUT2D eigenvalue weighted by Gasteiger charge is -2.35. The van der Waals surface area contributed by atoms with E-state index in [9.17, 15) is 29.4 Å². The molecule has 2 aliphatic heterocycles. The van der Waals surface area contributed by atoms with E-state index in [1.807, 2.05) is 137 Å². The lowest BCUT2D eigenvalue weighted by Crippen LogP contribution is -2.62. The highest BCUT2D eigenvalue weighted by molar-refractivity contribution is 5.88. The van der Waals surface area contributed by atoms with E-state index >= 15 is 0 Å². The van der Waals surface area contributed by atoms with Crippen LogP contribution in [0, 0.1) is 11.8 Å². The van der Waals surface area contributed by atoms with Gasteiger partial charge in [-0.25, -0.2) is 9.59 Å². The molecule has 0 saturated heterocycles. The Labute approximate surface area is 377 Å². The second kappa shape index (κ2) is 22.0. The molecule has 14 heteroatoms. The fourth-order valence-corrected chi connectivity index (χ4v) is 8.69. The largest absolute Gasteiger partial charge is 0.388 e. The monoisotopic (exact) mass is 875 g/mol. The predicted molar refractivity (Wildman–Crippen MR) is 251 cm³/mol. The number of urea groups is 2. The first-order chi connectivity index (χ1) is 30.7. The number of fused-ring (bicyclic) bond motifs is 2. The first kappa shape index (κ1) is 47.4. The van der Waals surface area contributed by atoms with Crippen LogP contribution in [0.4, 0.5) is 21.0 Å². The molecule has 0 spiro atoms. The lowest BCUT2D eigenvalue weighted by atomic mass is 9.90. The third kappa shape index (κ3) is 12.1. The van der Waals surface area contributed by atoms with Gasteiger partial charge in [-0.05, 0) is 59.1 Å². The van der Waals surface area contributed by atoms with Gasteiger partial charge < -0.3 is 51.9 Å². The molecule has 4 aromatic carbocycles. The number of para-hydroxylation sites is 2. The summed E-state index contributed by atoms with van der Waals surface area (Å²) >= 11 is 0. The Kier molecular flexibility index (Phi) is 16.3. The first-order valence-corrected chi connectivity index (χ1v) is 22.4. The number of hydrogen-bond donors (Lipinski definition) is 8. The van der Waals surface area contributed by atoms with Gasteiger partial charge in [0, 0.05) is 63.5 Å². The number of nitrogens with one attached hydrogen (secondary N) is 6. The number of carbonyl (C=O) groups is 4. The summed E-state index contributed by atoms with van der Waals surface area (Å²) in [7, 11) is 3.40. The van der Waals surface area contributed by atoms with Crippen molar-refractivity contribution in [3.63, 3.8) is 0 Å². The first-order valence-electron chi connectivity index (χ1n) is 22.4. The number of hydrogen-bond acceptors (Lipinski definition) is 8. The van der Waals surface area contributed by atoms with Crippen molar-refractivity contribution in [2.75, 3.05) is 50.9 Å². The average molecular weight is 875 g/mol. The van der Waals surface area contributed by atoms with E-state index in [2.05, 4.69) is 31.9 Å². The summed E-state index contributed by atoms with van der Waals surface area (Å²) < 4.78 is 0. The van der Waals surface area contributed by atoms with Crippen molar-refractivity contribution in [2.24, 2.45) is 11.8 Å². The molecule has 8 atom stereocenters. The molecule has 342 valence electrons. The van der Waals surface area contributed by atoms with Crippen LogP contribution in [0.15, 0.2) is 109 Å². The van der Waals surface area contributed by atoms with Crippen LogP contribution in [0.3, 0.4) is 0 Å². The van der Waals surface area contributed by atoms with Crippen LogP contribution >= 0.6 is 0 Å². The summed E-state index contributed by atoms with van der Waals surface area (Å²) in [5.74, 6) is -1.54. The van der Waals surface area contributed by atoms with Crippen LogP contribution in [-0.2, 0) is 22.4 Å². The van der Waals surface area contributed by atoms with Gasteiger partial charge in [0.1, 0.15) is 24.3 Å². The summed E-state index contributed by atoms with van der Waals surface area (Å²) in [6.45, 7) is 9.57. The van der Waals surface area contributed by atoms with E-state index in [-0.39, 0.29) is 36.5 Å². The Hall–Kier alpha value is -6.12. The summed E-state index contributed by atoms with van der Waals surface area (Å²) in [4.78, 5) is 58.9. The van der Waals surface area contributed by atoms with Gasteiger partial charge in [-0.15, -0.1) is 0 Å². The predicted octanol–water partition coefficient (Wildman–Crippen LogP) is 4.91. The molecule has 2 unspecified atom stereocenters. The molecule has 0 radical (unpaired) electrons. The zero-order valence-electron chi connectivity index (χ0n) is 37.8. The maximum atomic E-state index is 14.2. The van der Waals surface area contributed by atoms with E-state index in [0.29, 0.717) is 26.2 Å². The third-order valence-electron chi connectivity index (χ3n) is 12.4. The van der Waals surface area contributed by atoms with Crippen LogP contribution in [-0.4, -0.2) is 121 Å². The number of aliphatic hydroxyl groups excluding tert-OH is 2. The van der Waals surface area contributed by atoms with Gasteiger partial charge in [0.05, 0.1) is 12.1 Å². The number of aliphatic hydroxyl groups is 2. The van der Waals surface area contributed by atoms with Crippen molar-refractivity contribution in [1.82, 2.24) is 31.1 Å². The zero-order chi connectivity index (χ0) is 45.9. The minimum absolute atomic E-state index is 0.0843. The fourth-order valence-electron chi connectivity index (χ4n) is 8.69. The Morgan fingerprint density at radius 3 is 1.25 bits per heavy atom. The van der Waals surface area contributed by atoms with Crippen LogP contribution in [0.5, 0.6) is 0 Å².